The van der Waals surface area contributed by atoms with Gasteiger partial charge >= 0.3 is 6.18 Å². The van der Waals surface area contributed by atoms with Crippen molar-refractivity contribution in [1.29, 1.82) is 0 Å². The molecule has 0 aliphatic heterocycles. The number of fused-ring (bicyclic) bond motifs is 1. The second-order valence-corrected chi connectivity index (χ2v) is 7.91. The van der Waals surface area contributed by atoms with Gasteiger partial charge in [0, 0.05) is 12.0 Å². The summed E-state index contributed by atoms with van der Waals surface area (Å²) in [6.07, 6.45) is -3.43. The van der Waals surface area contributed by atoms with Gasteiger partial charge in [-0.05, 0) is 41.8 Å². The summed E-state index contributed by atoms with van der Waals surface area (Å²) in [6, 6.07) is 18.7. The molecule has 4 rings (SSSR count). The van der Waals surface area contributed by atoms with Crippen molar-refractivity contribution in [3.63, 3.8) is 0 Å². The summed E-state index contributed by atoms with van der Waals surface area (Å²) in [6.45, 7) is -0.598. The molecular weight excluding hydrogens is 445 g/mol. The molecule has 174 valence electrons. The van der Waals surface area contributed by atoms with Crippen molar-refractivity contribution >= 4 is 16.7 Å². The van der Waals surface area contributed by atoms with Crippen molar-refractivity contribution in [2.24, 2.45) is 0 Å². The number of hydrogen-bond acceptors (Lipinski definition) is 4. The first kappa shape index (κ1) is 23.4. The fraction of sp³-hybridized carbons (Fsp3) is 0.192. The number of Topliss-reactive ketones (excluding diaryl/α,β-unsaturated/α-hetero) is 1. The van der Waals surface area contributed by atoms with Crippen LogP contribution in [0.15, 0.2) is 77.6 Å². The third kappa shape index (κ3) is 5.07. The molecule has 34 heavy (non-hydrogen) atoms. The molecule has 8 heteroatoms. The van der Waals surface area contributed by atoms with Crippen molar-refractivity contribution in [2.45, 2.75) is 25.6 Å². The molecule has 0 unspecified atom stereocenters. The van der Waals surface area contributed by atoms with Crippen molar-refractivity contribution in [3.8, 4) is 0 Å². The maximum absolute atomic E-state index is 13.4. The third-order valence-corrected chi connectivity index (χ3v) is 5.60. The number of carbonyl (C=O) groups excluding carboxylic acids is 1. The monoisotopic (exact) mass is 466 g/mol. The van der Waals surface area contributed by atoms with E-state index in [4.69, 9.17) is 5.11 Å². The summed E-state index contributed by atoms with van der Waals surface area (Å²) in [5.74, 6) is -0.0293. The second-order valence-electron chi connectivity index (χ2n) is 7.91. The molecule has 3 aromatic carbocycles. The van der Waals surface area contributed by atoms with Gasteiger partial charge in [-0.25, -0.2) is 4.98 Å². The van der Waals surface area contributed by atoms with Crippen LogP contribution in [0.5, 0.6) is 0 Å². The molecule has 1 N–H and O–H groups in total. The summed E-state index contributed by atoms with van der Waals surface area (Å²) in [7, 11) is 0. The van der Waals surface area contributed by atoms with E-state index in [-0.39, 0.29) is 23.1 Å². The molecule has 0 spiro atoms. The van der Waals surface area contributed by atoms with E-state index < -0.39 is 24.1 Å². The molecule has 0 radical (unpaired) electrons. The zero-order valence-electron chi connectivity index (χ0n) is 18.0. The highest BCUT2D eigenvalue weighted by atomic mass is 19.4. The van der Waals surface area contributed by atoms with Crippen LogP contribution < -0.4 is 5.56 Å². The molecule has 1 heterocycles. The Hall–Kier alpha value is -3.78. The summed E-state index contributed by atoms with van der Waals surface area (Å²) in [5.41, 5.74) is 1.04. The van der Waals surface area contributed by atoms with Crippen LogP contribution in [0.1, 0.15) is 32.9 Å². The minimum absolute atomic E-state index is 0.0569. The number of ketones is 1. The van der Waals surface area contributed by atoms with E-state index in [0.29, 0.717) is 29.7 Å². The topological polar surface area (TPSA) is 72.2 Å². The predicted molar refractivity (Wildman–Crippen MR) is 122 cm³/mol. The fourth-order valence-corrected chi connectivity index (χ4v) is 3.77. The van der Waals surface area contributed by atoms with Gasteiger partial charge in [-0.2, -0.15) is 13.2 Å². The lowest BCUT2D eigenvalue weighted by Gasteiger charge is -2.15. The van der Waals surface area contributed by atoms with Gasteiger partial charge in [-0.3, -0.25) is 14.2 Å². The van der Waals surface area contributed by atoms with E-state index in [2.05, 4.69) is 4.98 Å². The lowest BCUT2D eigenvalue weighted by Crippen LogP contribution is -2.26. The lowest BCUT2D eigenvalue weighted by molar-refractivity contribution is -0.137. The molecule has 0 saturated heterocycles. The summed E-state index contributed by atoms with van der Waals surface area (Å²) < 4.78 is 40.2. The van der Waals surface area contributed by atoms with E-state index in [1.807, 2.05) is 30.3 Å². The van der Waals surface area contributed by atoms with Crippen molar-refractivity contribution in [3.05, 3.63) is 111 Å². The summed E-state index contributed by atoms with van der Waals surface area (Å²) in [4.78, 5) is 29.9. The smallest absolute Gasteiger partial charge is 0.388 e. The minimum Gasteiger partial charge on any atom is -0.388 e. The van der Waals surface area contributed by atoms with Gasteiger partial charge < -0.3 is 5.11 Å². The van der Waals surface area contributed by atoms with Crippen molar-refractivity contribution in [2.75, 3.05) is 6.61 Å². The highest BCUT2D eigenvalue weighted by Crippen LogP contribution is 2.29. The molecule has 0 atom stereocenters. The number of aliphatic hydroxyl groups excluding tert-OH is 1. The first-order chi connectivity index (χ1) is 16.3. The van der Waals surface area contributed by atoms with Crippen LogP contribution in [-0.4, -0.2) is 27.0 Å². The lowest BCUT2D eigenvalue weighted by atomic mass is 10.1. The Balaban J connectivity index is 1.76. The minimum atomic E-state index is -4.44. The maximum atomic E-state index is 13.4. The van der Waals surface area contributed by atoms with Crippen LogP contribution >= 0.6 is 0 Å². The number of benzene rings is 3. The Morgan fingerprint density at radius 3 is 2.26 bits per heavy atom. The Kier molecular flexibility index (Phi) is 6.61. The number of aromatic nitrogens is 2. The highest BCUT2D eigenvalue weighted by molar-refractivity contribution is 5.99. The SMILES string of the molecule is O=C(CO)c1ccc2c(=O)n(Cc3ccc(C(F)(F)F)cc3)c(CCc3ccccc3)nc2c1. The van der Waals surface area contributed by atoms with Crippen LogP contribution in [0, 0.1) is 0 Å². The molecule has 5 nitrogen and oxygen atoms in total. The predicted octanol–water partition coefficient (Wildman–Crippen LogP) is 4.42. The second kappa shape index (κ2) is 9.61. The van der Waals surface area contributed by atoms with Gasteiger partial charge in [0.2, 0.25) is 0 Å². The molecule has 1 aromatic heterocycles. The third-order valence-electron chi connectivity index (χ3n) is 5.60. The first-order valence-electron chi connectivity index (χ1n) is 10.6. The molecule has 0 aliphatic rings. The van der Waals surface area contributed by atoms with Gasteiger partial charge in [0.15, 0.2) is 5.78 Å². The van der Waals surface area contributed by atoms with E-state index in [1.165, 1.54) is 34.9 Å². The Labute approximate surface area is 193 Å². The highest BCUT2D eigenvalue weighted by Gasteiger charge is 2.30. The zero-order chi connectivity index (χ0) is 24.3. The van der Waals surface area contributed by atoms with Crippen LogP contribution in [0.25, 0.3) is 10.9 Å². The number of rotatable bonds is 7. The Morgan fingerprint density at radius 1 is 0.912 bits per heavy atom. The molecule has 0 aliphatic carbocycles. The normalized spacial score (nSPS) is 11.6. The largest absolute Gasteiger partial charge is 0.416 e. The number of carbonyl (C=O) groups is 1. The standard InChI is InChI=1S/C26H21F3N2O3/c27-26(28,29)20-10-6-18(7-11-20)15-31-24(13-8-17-4-2-1-3-5-17)30-22-14-19(23(33)16-32)9-12-21(22)25(31)34/h1-7,9-12,14,32H,8,13,15-16H2. The average molecular weight is 466 g/mol. The molecule has 0 amide bonds. The van der Waals surface area contributed by atoms with E-state index >= 15 is 0 Å². The molecule has 4 aromatic rings. The zero-order valence-corrected chi connectivity index (χ0v) is 18.0. The van der Waals surface area contributed by atoms with Crippen molar-refractivity contribution < 1.29 is 23.1 Å². The number of nitrogens with zero attached hydrogens (tertiary/aromatic N) is 2. The van der Waals surface area contributed by atoms with Gasteiger partial charge in [0.25, 0.3) is 5.56 Å². The van der Waals surface area contributed by atoms with Gasteiger partial charge in [-0.1, -0.05) is 48.5 Å². The number of halogens is 3. The number of alkyl halides is 3. The van der Waals surface area contributed by atoms with E-state index in [1.54, 1.807) is 0 Å². The van der Waals surface area contributed by atoms with Crippen LogP contribution in [0.4, 0.5) is 13.2 Å². The molecular formula is C26H21F3N2O3. The first-order valence-corrected chi connectivity index (χ1v) is 10.6. The van der Waals surface area contributed by atoms with Crippen LogP contribution in [0.3, 0.4) is 0 Å². The molecule has 0 bridgehead atoms. The average Bonchev–Trinajstić information content (AvgIpc) is 2.84. The van der Waals surface area contributed by atoms with Gasteiger partial charge in [-0.15, -0.1) is 0 Å². The summed E-state index contributed by atoms with van der Waals surface area (Å²) in [5, 5.41) is 9.43. The molecule has 0 saturated carbocycles. The number of aliphatic hydroxyl groups is 1. The van der Waals surface area contributed by atoms with Gasteiger partial charge in [0.1, 0.15) is 12.4 Å². The van der Waals surface area contributed by atoms with E-state index in [0.717, 1.165) is 17.7 Å². The Bertz CT molecular complexity index is 1380. The van der Waals surface area contributed by atoms with Crippen molar-refractivity contribution in [1.82, 2.24) is 9.55 Å². The maximum Gasteiger partial charge on any atom is 0.416 e. The van der Waals surface area contributed by atoms with Gasteiger partial charge in [0.05, 0.1) is 23.0 Å². The quantitative estimate of drug-likeness (QED) is 0.409. The van der Waals surface area contributed by atoms with Crippen LogP contribution in [0.2, 0.25) is 0 Å². The Morgan fingerprint density at radius 2 is 1.62 bits per heavy atom. The van der Waals surface area contributed by atoms with E-state index in [9.17, 15) is 22.8 Å². The summed E-state index contributed by atoms with van der Waals surface area (Å²) >= 11 is 0. The van der Waals surface area contributed by atoms with Crippen LogP contribution in [-0.2, 0) is 25.6 Å². The molecule has 0 fully saturated rings. The number of hydrogen-bond donors (Lipinski definition) is 1. The number of aryl methyl sites for hydroxylation is 2. The fourth-order valence-electron chi connectivity index (χ4n) is 3.77.